The quantitative estimate of drug-likeness (QED) is 0.246. The van der Waals surface area contributed by atoms with Gasteiger partial charge in [-0.2, -0.15) is 0 Å². The number of ether oxygens (including phenoxy) is 1. The maximum absolute atomic E-state index is 5.62. The first kappa shape index (κ1) is 20.2. The number of rotatable bonds is 9. The second kappa shape index (κ2) is 10.1. The number of aromatic nitrogens is 3. The summed E-state index contributed by atoms with van der Waals surface area (Å²) in [5.41, 5.74) is 3.38. The number of thioether (sulfide) groups is 1. The molecule has 0 saturated carbocycles. The Bertz CT molecular complexity index is 1060. The fourth-order valence-electron chi connectivity index (χ4n) is 3.41. The van der Waals surface area contributed by atoms with E-state index in [0.717, 1.165) is 53.0 Å². The van der Waals surface area contributed by atoms with E-state index in [0.29, 0.717) is 0 Å². The van der Waals surface area contributed by atoms with Crippen LogP contribution in [0.5, 0.6) is 5.75 Å². The number of hydrogen-bond acceptors (Lipinski definition) is 4. The molecule has 0 unspecified atom stereocenters. The highest BCUT2D eigenvalue weighted by Gasteiger charge is 2.18. The average molecular weight is 416 g/mol. The van der Waals surface area contributed by atoms with E-state index >= 15 is 0 Å². The fourth-order valence-corrected chi connectivity index (χ4v) is 4.35. The SMILES string of the molecule is COc1ccccc1-n1c(SCCCCc2ccccc2)nnc1-c1ccccc1. The zero-order valence-electron chi connectivity index (χ0n) is 17.1. The van der Waals surface area contributed by atoms with Crippen molar-refractivity contribution >= 4 is 11.8 Å². The highest BCUT2D eigenvalue weighted by Crippen LogP contribution is 2.32. The zero-order chi connectivity index (χ0) is 20.6. The molecule has 4 aromatic rings. The molecule has 3 aromatic carbocycles. The maximum Gasteiger partial charge on any atom is 0.196 e. The third-order valence-corrected chi connectivity index (χ3v) is 5.94. The molecule has 152 valence electrons. The molecule has 0 aliphatic carbocycles. The van der Waals surface area contributed by atoms with Gasteiger partial charge in [0.2, 0.25) is 0 Å². The van der Waals surface area contributed by atoms with Crippen molar-refractivity contribution in [3.8, 4) is 22.8 Å². The summed E-state index contributed by atoms with van der Waals surface area (Å²) < 4.78 is 7.73. The monoisotopic (exact) mass is 415 g/mol. The summed E-state index contributed by atoms with van der Waals surface area (Å²) in [7, 11) is 1.70. The Kier molecular flexibility index (Phi) is 6.83. The van der Waals surface area contributed by atoms with Gasteiger partial charge < -0.3 is 4.74 Å². The van der Waals surface area contributed by atoms with Gasteiger partial charge in [-0.3, -0.25) is 4.57 Å². The van der Waals surface area contributed by atoms with Crippen LogP contribution in [0.1, 0.15) is 18.4 Å². The molecule has 30 heavy (non-hydrogen) atoms. The number of benzene rings is 3. The lowest BCUT2D eigenvalue weighted by molar-refractivity contribution is 0.412. The molecule has 0 aliphatic rings. The zero-order valence-corrected chi connectivity index (χ0v) is 17.9. The van der Waals surface area contributed by atoms with Gasteiger partial charge >= 0.3 is 0 Å². The molecule has 4 nitrogen and oxygen atoms in total. The van der Waals surface area contributed by atoms with Crippen molar-refractivity contribution in [3.63, 3.8) is 0 Å². The van der Waals surface area contributed by atoms with Crippen molar-refractivity contribution < 1.29 is 4.74 Å². The second-order valence-electron chi connectivity index (χ2n) is 6.97. The molecule has 0 saturated heterocycles. The van der Waals surface area contributed by atoms with Gasteiger partial charge in [-0.05, 0) is 37.0 Å². The Balaban J connectivity index is 1.53. The molecule has 4 rings (SSSR count). The van der Waals surface area contributed by atoms with Gasteiger partial charge in [0, 0.05) is 11.3 Å². The minimum atomic E-state index is 0.806. The standard InChI is InChI=1S/C25H25N3OS/c1-29-23-18-9-8-17-22(23)28-24(21-15-6-3-7-16-21)26-27-25(28)30-19-11-10-14-20-12-4-2-5-13-20/h2-9,12-13,15-18H,10-11,14,19H2,1H3. The van der Waals surface area contributed by atoms with E-state index in [4.69, 9.17) is 4.74 Å². The first-order valence-electron chi connectivity index (χ1n) is 10.2. The topological polar surface area (TPSA) is 39.9 Å². The number of hydrogen-bond donors (Lipinski definition) is 0. The summed E-state index contributed by atoms with van der Waals surface area (Å²) in [6, 6.07) is 28.8. The van der Waals surface area contributed by atoms with Crippen molar-refractivity contribution in [1.29, 1.82) is 0 Å². The molecule has 1 aromatic heterocycles. The highest BCUT2D eigenvalue weighted by atomic mass is 32.2. The third-order valence-electron chi connectivity index (χ3n) is 4.93. The van der Waals surface area contributed by atoms with E-state index in [2.05, 4.69) is 57.2 Å². The molecule has 0 aliphatic heterocycles. The van der Waals surface area contributed by atoms with Crippen molar-refractivity contribution in [2.45, 2.75) is 24.4 Å². The van der Waals surface area contributed by atoms with Crippen molar-refractivity contribution in [2.75, 3.05) is 12.9 Å². The molecule has 0 bridgehead atoms. The summed E-state index contributed by atoms with van der Waals surface area (Å²) in [6.07, 6.45) is 3.39. The van der Waals surface area contributed by atoms with Crippen molar-refractivity contribution in [1.82, 2.24) is 14.8 Å². The minimum absolute atomic E-state index is 0.806. The molecule has 0 amide bonds. The van der Waals surface area contributed by atoms with Crippen LogP contribution in [0.2, 0.25) is 0 Å². The first-order chi connectivity index (χ1) is 14.9. The Morgan fingerprint density at radius 1 is 0.800 bits per heavy atom. The number of para-hydroxylation sites is 2. The number of unbranched alkanes of at least 4 members (excludes halogenated alkanes) is 1. The number of methoxy groups -OCH3 is 1. The molecule has 5 heteroatoms. The Labute approximate surface area is 181 Å². The van der Waals surface area contributed by atoms with Gasteiger partial charge in [0.1, 0.15) is 5.75 Å². The maximum atomic E-state index is 5.62. The lowest BCUT2D eigenvalue weighted by atomic mass is 10.1. The first-order valence-corrected chi connectivity index (χ1v) is 11.2. The van der Waals surface area contributed by atoms with Gasteiger partial charge in [-0.25, -0.2) is 0 Å². The van der Waals surface area contributed by atoms with Crippen LogP contribution in [-0.4, -0.2) is 27.6 Å². The van der Waals surface area contributed by atoms with Crippen LogP contribution in [0.4, 0.5) is 0 Å². The van der Waals surface area contributed by atoms with Crippen LogP contribution in [0, 0.1) is 0 Å². The van der Waals surface area contributed by atoms with Gasteiger partial charge in [-0.15, -0.1) is 10.2 Å². The molecular weight excluding hydrogens is 390 g/mol. The molecule has 0 N–H and O–H groups in total. The van der Waals surface area contributed by atoms with E-state index in [1.165, 1.54) is 5.56 Å². The van der Waals surface area contributed by atoms with Crippen LogP contribution < -0.4 is 4.74 Å². The number of nitrogens with zero attached hydrogens (tertiary/aromatic N) is 3. The lowest BCUT2D eigenvalue weighted by Crippen LogP contribution is -2.02. The second-order valence-corrected chi connectivity index (χ2v) is 8.03. The van der Waals surface area contributed by atoms with Gasteiger partial charge in [-0.1, -0.05) is 84.6 Å². The summed E-state index contributed by atoms with van der Waals surface area (Å²) in [5, 5.41) is 9.93. The highest BCUT2D eigenvalue weighted by molar-refractivity contribution is 7.99. The van der Waals surface area contributed by atoms with Crippen LogP contribution in [0.15, 0.2) is 90.1 Å². The summed E-state index contributed by atoms with van der Waals surface area (Å²) >= 11 is 1.75. The van der Waals surface area contributed by atoms with E-state index in [1.807, 2.05) is 42.5 Å². The molecule has 0 fully saturated rings. The van der Waals surface area contributed by atoms with Crippen LogP contribution in [0.25, 0.3) is 17.1 Å². The fraction of sp³-hybridized carbons (Fsp3) is 0.200. The van der Waals surface area contributed by atoms with Crippen molar-refractivity contribution in [2.24, 2.45) is 0 Å². The molecule has 0 radical (unpaired) electrons. The van der Waals surface area contributed by atoms with Crippen LogP contribution >= 0.6 is 11.8 Å². The molecular formula is C25H25N3OS. The summed E-state index contributed by atoms with van der Waals surface area (Å²) in [4.78, 5) is 0. The molecule has 0 atom stereocenters. The van der Waals surface area contributed by atoms with Crippen molar-refractivity contribution in [3.05, 3.63) is 90.5 Å². The van der Waals surface area contributed by atoms with E-state index in [1.54, 1.807) is 18.9 Å². The normalized spacial score (nSPS) is 10.8. The Morgan fingerprint density at radius 3 is 2.27 bits per heavy atom. The predicted molar refractivity (Wildman–Crippen MR) is 123 cm³/mol. The van der Waals surface area contributed by atoms with Crippen LogP contribution in [0.3, 0.4) is 0 Å². The number of aryl methyl sites for hydroxylation is 1. The predicted octanol–water partition coefficient (Wildman–Crippen LogP) is 6.06. The Morgan fingerprint density at radius 2 is 1.50 bits per heavy atom. The summed E-state index contributed by atoms with van der Waals surface area (Å²) in [6.45, 7) is 0. The van der Waals surface area contributed by atoms with Gasteiger partial charge in [0.15, 0.2) is 11.0 Å². The average Bonchev–Trinajstić information content (AvgIpc) is 3.23. The summed E-state index contributed by atoms with van der Waals surface area (Å²) in [5.74, 6) is 2.63. The van der Waals surface area contributed by atoms with Gasteiger partial charge in [0.05, 0.1) is 12.8 Å². The lowest BCUT2D eigenvalue weighted by Gasteiger charge is -2.13. The van der Waals surface area contributed by atoms with E-state index < -0.39 is 0 Å². The van der Waals surface area contributed by atoms with Gasteiger partial charge in [0.25, 0.3) is 0 Å². The smallest absolute Gasteiger partial charge is 0.196 e. The largest absolute Gasteiger partial charge is 0.495 e. The molecule has 1 heterocycles. The van der Waals surface area contributed by atoms with E-state index in [-0.39, 0.29) is 0 Å². The third kappa shape index (κ3) is 4.74. The Hall–Kier alpha value is -3.05. The van der Waals surface area contributed by atoms with E-state index in [9.17, 15) is 0 Å². The minimum Gasteiger partial charge on any atom is -0.495 e. The van der Waals surface area contributed by atoms with Crippen LogP contribution in [-0.2, 0) is 6.42 Å². The molecule has 0 spiro atoms.